The fourth-order valence-electron chi connectivity index (χ4n) is 2.02. The average molecular weight is 285 g/mol. The summed E-state index contributed by atoms with van der Waals surface area (Å²) in [6, 6.07) is 10.6. The van der Waals surface area contributed by atoms with E-state index in [2.05, 4.69) is 37.3 Å². The molecule has 2 atom stereocenters. The summed E-state index contributed by atoms with van der Waals surface area (Å²) in [6.45, 7) is 3.15. The van der Waals surface area contributed by atoms with Crippen LogP contribution in [0.15, 0.2) is 30.3 Å². The third kappa shape index (κ3) is 3.08. The molecule has 0 bridgehead atoms. The van der Waals surface area contributed by atoms with Crippen LogP contribution >= 0.6 is 0 Å². The van der Waals surface area contributed by atoms with Crippen molar-refractivity contribution in [3.05, 3.63) is 30.3 Å². The van der Waals surface area contributed by atoms with Crippen LogP contribution in [0, 0.1) is 5.92 Å². The van der Waals surface area contributed by atoms with Gasteiger partial charge >= 0.3 is 103 Å². The van der Waals surface area contributed by atoms with E-state index in [9.17, 15) is 0 Å². The summed E-state index contributed by atoms with van der Waals surface area (Å²) in [4.78, 5) is 0. The van der Waals surface area contributed by atoms with Gasteiger partial charge in [-0.1, -0.05) is 0 Å². The van der Waals surface area contributed by atoms with Gasteiger partial charge in [0, 0.05) is 0 Å². The Balaban J connectivity index is 1.86. The van der Waals surface area contributed by atoms with Crippen molar-refractivity contribution in [3.8, 4) is 0 Å². The molecule has 1 aromatic rings. The molecule has 0 radical (unpaired) electrons. The fraction of sp³-hybridized carbons (Fsp3) is 0.538. The summed E-state index contributed by atoms with van der Waals surface area (Å²) < 4.78 is 7.24. The van der Waals surface area contributed by atoms with E-state index in [4.69, 9.17) is 9.84 Å². The van der Waals surface area contributed by atoms with E-state index in [-0.39, 0.29) is 12.2 Å². The summed E-state index contributed by atoms with van der Waals surface area (Å²) in [5, 5.41) is 10.2. The molecule has 0 amide bonds. The number of aliphatic hydroxyl groups is 1. The molecule has 0 aromatic heterocycles. The van der Waals surface area contributed by atoms with Crippen LogP contribution in [0.5, 0.6) is 0 Å². The van der Waals surface area contributed by atoms with Crippen molar-refractivity contribution in [2.24, 2.45) is 5.92 Å². The minimum absolute atomic E-state index is 0.0107. The minimum atomic E-state index is -0.0107. The van der Waals surface area contributed by atoms with Gasteiger partial charge in [0.25, 0.3) is 0 Å². The van der Waals surface area contributed by atoms with Gasteiger partial charge in [0.15, 0.2) is 0 Å². The van der Waals surface area contributed by atoms with Gasteiger partial charge in [-0.2, -0.15) is 0 Å². The Kier molecular flexibility index (Phi) is 4.04. The second-order valence-corrected chi connectivity index (χ2v) is 6.82. The fourth-order valence-corrected chi connectivity index (χ4v) is 4.16. The molecule has 1 aromatic carbocycles. The summed E-state index contributed by atoms with van der Waals surface area (Å²) in [6.07, 6.45) is 0.998. The molecule has 2 rings (SSSR count). The van der Waals surface area contributed by atoms with Gasteiger partial charge in [-0.3, -0.25) is 0 Å². The Morgan fingerprint density at radius 2 is 2.19 bits per heavy atom. The molecule has 1 N–H and O–H groups in total. The number of hydrogen-bond donors (Lipinski definition) is 1. The van der Waals surface area contributed by atoms with Crippen LogP contribution in [0.1, 0.15) is 13.3 Å². The monoisotopic (exact) mass is 286 g/mol. The molecule has 0 aliphatic carbocycles. The van der Waals surface area contributed by atoms with Gasteiger partial charge in [-0.25, -0.2) is 0 Å². The molecule has 0 spiro atoms. The second-order valence-electron chi connectivity index (χ2n) is 4.62. The standard InChI is InChI=1S/C13H18O2Se/c1-13(7-11(8-14)9-15-13)10-16-12-5-3-2-4-6-12/h2-6,11,14H,7-10H2,1H3/t11-,13+/m1/s1. The van der Waals surface area contributed by atoms with Gasteiger partial charge in [-0.05, 0) is 0 Å². The van der Waals surface area contributed by atoms with Crippen molar-refractivity contribution in [1.82, 2.24) is 0 Å². The Labute approximate surface area is 103 Å². The zero-order chi connectivity index (χ0) is 11.4. The van der Waals surface area contributed by atoms with Crippen LogP contribution in [-0.2, 0) is 4.74 Å². The van der Waals surface area contributed by atoms with Crippen LogP contribution < -0.4 is 4.46 Å². The predicted octanol–water partition coefficient (Wildman–Crippen LogP) is 1.22. The van der Waals surface area contributed by atoms with Crippen LogP contribution in [-0.4, -0.2) is 38.9 Å². The topological polar surface area (TPSA) is 29.5 Å². The van der Waals surface area contributed by atoms with Crippen LogP contribution in [0.25, 0.3) is 0 Å². The third-order valence-electron chi connectivity index (χ3n) is 2.93. The predicted molar refractivity (Wildman–Crippen MR) is 66.2 cm³/mol. The van der Waals surface area contributed by atoms with Crippen molar-refractivity contribution in [2.75, 3.05) is 13.2 Å². The number of aliphatic hydroxyl groups excluding tert-OH is 1. The first-order chi connectivity index (χ1) is 7.72. The van der Waals surface area contributed by atoms with Crippen molar-refractivity contribution in [1.29, 1.82) is 0 Å². The molecule has 1 aliphatic heterocycles. The molecule has 2 nitrogen and oxygen atoms in total. The zero-order valence-electron chi connectivity index (χ0n) is 9.56. The quantitative estimate of drug-likeness (QED) is 0.843. The van der Waals surface area contributed by atoms with Gasteiger partial charge in [0.05, 0.1) is 0 Å². The summed E-state index contributed by atoms with van der Waals surface area (Å²) in [5.41, 5.74) is -0.0107. The molecular weight excluding hydrogens is 267 g/mol. The second kappa shape index (κ2) is 5.33. The first kappa shape index (κ1) is 12.1. The molecule has 88 valence electrons. The van der Waals surface area contributed by atoms with E-state index in [1.807, 2.05) is 0 Å². The molecule has 3 heteroatoms. The van der Waals surface area contributed by atoms with E-state index >= 15 is 0 Å². The summed E-state index contributed by atoms with van der Waals surface area (Å²) >= 11 is 0.473. The van der Waals surface area contributed by atoms with E-state index in [0.717, 1.165) is 18.3 Å². The molecule has 0 saturated carbocycles. The van der Waals surface area contributed by atoms with Crippen molar-refractivity contribution >= 4 is 19.4 Å². The van der Waals surface area contributed by atoms with Gasteiger partial charge in [0.1, 0.15) is 0 Å². The van der Waals surface area contributed by atoms with Gasteiger partial charge < -0.3 is 0 Å². The first-order valence-electron chi connectivity index (χ1n) is 5.64. The Morgan fingerprint density at radius 1 is 1.44 bits per heavy atom. The van der Waals surface area contributed by atoms with E-state index in [1.165, 1.54) is 4.46 Å². The Hall–Kier alpha value is -0.341. The first-order valence-corrected chi connectivity index (χ1v) is 7.71. The molecule has 0 unspecified atom stereocenters. The number of rotatable bonds is 4. The molecular formula is C13H18O2Se. The van der Waals surface area contributed by atoms with E-state index in [0.29, 0.717) is 20.9 Å². The third-order valence-corrected chi connectivity index (χ3v) is 5.79. The molecule has 16 heavy (non-hydrogen) atoms. The molecule has 1 fully saturated rings. The summed E-state index contributed by atoms with van der Waals surface area (Å²) in [7, 11) is 0. The SMILES string of the molecule is C[C@@]1(C[Se]c2ccccc2)C[C@H](CO)CO1. The normalized spacial score (nSPS) is 29.5. The maximum absolute atomic E-state index is 9.11. The zero-order valence-corrected chi connectivity index (χ0v) is 11.3. The van der Waals surface area contributed by atoms with Crippen molar-refractivity contribution in [2.45, 2.75) is 24.3 Å². The summed E-state index contributed by atoms with van der Waals surface area (Å²) in [5.74, 6) is 0.344. The number of hydrogen-bond acceptors (Lipinski definition) is 2. The number of benzene rings is 1. The van der Waals surface area contributed by atoms with Gasteiger partial charge in [0.2, 0.25) is 0 Å². The van der Waals surface area contributed by atoms with E-state index in [1.54, 1.807) is 0 Å². The van der Waals surface area contributed by atoms with Crippen molar-refractivity contribution < 1.29 is 9.84 Å². The van der Waals surface area contributed by atoms with Crippen LogP contribution in [0.3, 0.4) is 0 Å². The maximum atomic E-state index is 9.11. The van der Waals surface area contributed by atoms with Gasteiger partial charge in [-0.15, -0.1) is 0 Å². The Bertz CT molecular complexity index is 328. The van der Waals surface area contributed by atoms with Crippen molar-refractivity contribution in [3.63, 3.8) is 0 Å². The Morgan fingerprint density at radius 3 is 2.81 bits per heavy atom. The van der Waals surface area contributed by atoms with Crippen LogP contribution in [0.2, 0.25) is 5.32 Å². The average Bonchev–Trinajstić information content (AvgIpc) is 2.71. The molecule has 1 heterocycles. The molecule has 1 saturated heterocycles. The van der Waals surface area contributed by atoms with E-state index < -0.39 is 0 Å². The number of ether oxygens (including phenoxy) is 1. The van der Waals surface area contributed by atoms with Crippen LogP contribution in [0.4, 0.5) is 0 Å². The molecule has 1 aliphatic rings.